The number of carboxylic acid groups (broad SMARTS) is 1. The van der Waals surface area contributed by atoms with E-state index in [9.17, 15) is 4.79 Å². The van der Waals surface area contributed by atoms with E-state index in [0.717, 1.165) is 19.5 Å². The number of hydrogen-bond acceptors (Lipinski definition) is 5. The van der Waals surface area contributed by atoms with Crippen LogP contribution in [0.2, 0.25) is 0 Å². The quantitative estimate of drug-likeness (QED) is 0.713. The van der Waals surface area contributed by atoms with Crippen LogP contribution in [-0.2, 0) is 4.79 Å². The first-order valence-corrected chi connectivity index (χ1v) is 5.61. The summed E-state index contributed by atoms with van der Waals surface area (Å²) in [5.41, 5.74) is 0.353. The summed E-state index contributed by atoms with van der Waals surface area (Å²) in [5.74, 6) is 4.23. The van der Waals surface area contributed by atoms with Crippen molar-refractivity contribution in [1.29, 1.82) is 0 Å². The molecule has 6 nitrogen and oxygen atoms in total. The van der Waals surface area contributed by atoms with E-state index in [1.54, 1.807) is 13.0 Å². The van der Waals surface area contributed by atoms with Crippen LogP contribution >= 0.6 is 0 Å². The second kappa shape index (κ2) is 5.47. The number of aryl methyl sites for hydroxylation is 1. The minimum atomic E-state index is -1.19. The normalized spacial score (nSPS) is 17.9. The summed E-state index contributed by atoms with van der Waals surface area (Å²) >= 11 is 0. The molecule has 2 rings (SSSR count). The monoisotopic (exact) mass is 247 g/mol. The Morgan fingerprint density at radius 1 is 1.61 bits per heavy atom. The van der Waals surface area contributed by atoms with E-state index in [-0.39, 0.29) is 6.10 Å². The fraction of sp³-hybridized carbons (Fsp3) is 0.417. The number of hydrogen-bond donors (Lipinski definition) is 2. The molecule has 1 aliphatic heterocycles. The first-order chi connectivity index (χ1) is 8.63. The number of carbonyl (C=O) groups is 1. The third-order valence-corrected chi connectivity index (χ3v) is 2.41. The van der Waals surface area contributed by atoms with Crippen molar-refractivity contribution in [2.24, 2.45) is 0 Å². The standard InChI is InChI=1S/C12H13N3O3/c1-8-14-9(2-3-12(16)17)6-11(15-8)18-10-4-5-13-7-10/h6,10,13H,4-5,7H2,1H3,(H,16,17). The SMILES string of the molecule is Cc1nc(C#CC(=O)O)cc(OC2CCNC2)n1. The van der Waals surface area contributed by atoms with Crippen molar-refractivity contribution >= 4 is 5.97 Å². The van der Waals surface area contributed by atoms with Crippen molar-refractivity contribution in [2.45, 2.75) is 19.4 Å². The topological polar surface area (TPSA) is 84.3 Å². The first kappa shape index (κ1) is 12.3. The number of aliphatic carboxylic acids is 1. The molecule has 1 aliphatic rings. The van der Waals surface area contributed by atoms with E-state index < -0.39 is 5.97 Å². The highest BCUT2D eigenvalue weighted by Crippen LogP contribution is 2.13. The summed E-state index contributed by atoms with van der Waals surface area (Å²) in [5, 5.41) is 11.7. The maximum Gasteiger partial charge on any atom is 0.382 e. The maximum absolute atomic E-state index is 10.4. The lowest BCUT2D eigenvalue weighted by atomic mass is 10.3. The van der Waals surface area contributed by atoms with Crippen LogP contribution < -0.4 is 10.1 Å². The molecule has 18 heavy (non-hydrogen) atoms. The van der Waals surface area contributed by atoms with E-state index in [2.05, 4.69) is 21.2 Å². The minimum absolute atomic E-state index is 0.0968. The molecule has 1 aromatic rings. The van der Waals surface area contributed by atoms with Gasteiger partial charge in [-0.2, -0.15) is 4.98 Å². The molecule has 1 saturated heterocycles. The van der Waals surface area contributed by atoms with Crippen LogP contribution in [0.15, 0.2) is 6.07 Å². The van der Waals surface area contributed by atoms with Gasteiger partial charge >= 0.3 is 5.97 Å². The fourth-order valence-electron chi connectivity index (χ4n) is 1.68. The average molecular weight is 247 g/mol. The van der Waals surface area contributed by atoms with Gasteiger partial charge in [-0.15, -0.1) is 0 Å². The van der Waals surface area contributed by atoms with Gasteiger partial charge in [-0.1, -0.05) is 0 Å². The smallest absolute Gasteiger partial charge is 0.382 e. The van der Waals surface area contributed by atoms with Crippen LogP contribution in [0.4, 0.5) is 0 Å². The molecule has 1 atom stereocenters. The van der Waals surface area contributed by atoms with Gasteiger partial charge in [0.1, 0.15) is 17.6 Å². The van der Waals surface area contributed by atoms with Gasteiger partial charge in [-0.25, -0.2) is 9.78 Å². The fourth-order valence-corrected chi connectivity index (χ4v) is 1.68. The minimum Gasteiger partial charge on any atom is -0.473 e. The predicted molar refractivity (Wildman–Crippen MR) is 63.2 cm³/mol. The van der Waals surface area contributed by atoms with Gasteiger partial charge in [0.15, 0.2) is 0 Å². The van der Waals surface area contributed by atoms with Crippen molar-refractivity contribution < 1.29 is 14.6 Å². The summed E-state index contributed by atoms with van der Waals surface area (Å²) < 4.78 is 5.67. The highest BCUT2D eigenvalue weighted by Gasteiger charge is 2.16. The van der Waals surface area contributed by atoms with Crippen molar-refractivity contribution in [2.75, 3.05) is 13.1 Å². The third-order valence-electron chi connectivity index (χ3n) is 2.41. The molecular weight excluding hydrogens is 234 g/mol. The van der Waals surface area contributed by atoms with Gasteiger partial charge in [0, 0.05) is 18.5 Å². The van der Waals surface area contributed by atoms with Crippen molar-refractivity contribution in [3.63, 3.8) is 0 Å². The van der Waals surface area contributed by atoms with E-state index in [1.807, 2.05) is 5.92 Å². The largest absolute Gasteiger partial charge is 0.473 e. The molecule has 2 N–H and O–H groups in total. The zero-order valence-electron chi connectivity index (χ0n) is 9.93. The number of ether oxygens (including phenoxy) is 1. The van der Waals surface area contributed by atoms with Crippen LogP contribution in [-0.4, -0.2) is 40.2 Å². The molecular formula is C12H13N3O3. The number of rotatable bonds is 2. The van der Waals surface area contributed by atoms with Gasteiger partial charge in [0.05, 0.1) is 0 Å². The molecule has 2 heterocycles. The number of nitrogens with one attached hydrogen (secondary N) is 1. The molecule has 0 amide bonds. The molecule has 0 aromatic carbocycles. The second-order valence-corrected chi connectivity index (χ2v) is 3.93. The lowest BCUT2D eigenvalue weighted by molar-refractivity contribution is -0.130. The van der Waals surface area contributed by atoms with Crippen LogP contribution in [0.3, 0.4) is 0 Å². The summed E-state index contributed by atoms with van der Waals surface area (Å²) in [7, 11) is 0. The third kappa shape index (κ3) is 3.43. The zero-order valence-corrected chi connectivity index (χ0v) is 9.93. The van der Waals surface area contributed by atoms with Crippen molar-refractivity contribution in [1.82, 2.24) is 15.3 Å². The van der Waals surface area contributed by atoms with Crippen LogP contribution in [0.5, 0.6) is 5.88 Å². The Hall–Kier alpha value is -2.13. The zero-order chi connectivity index (χ0) is 13.0. The summed E-state index contributed by atoms with van der Waals surface area (Å²) in [6.45, 7) is 3.44. The lowest BCUT2D eigenvalue weighted by Crippen LogP contribution is -2.20. The average Bonchev–Trinajstić information content (AvgIpc) is 2.78. The molecule has 0 saturated carbocycles. The van der Waals surface area contributed by atoms with Crippen LogP contribution in [0.25, 0.3) is 0 Å². The Bertz CT molecular complexity index is 513. The van der Waals surface area contributed by atoms with Crippen LogP contribution in [0, 0.1) is 18.8 Å². The summed E-state index contributed by atoms with van der Waals surface area (Å²) in [4.78, 5) is 18.5. The van der Waals surface area contributed by atoms with Gasteiger partial charge in [-0.3, -0.25) is 0 Å². The highest BCUT2D eigenvalue weighted by molar-refractivity contribution is 5.87. The maximum atomic E-state index is 10.4. The molecule has 94 valence electrons. The number of aromatic nitrogens is 2. The Morgan fingerprint density at radius 2 is 2.44 bits per heavy atom. The number of nitrogens with zero attached hydrogens (tertiary/aromatic N) is 2. The van der Waals surface area contributed by atoms with E-state index >= 15 is 0 Å². The molecule has 6 heteroatoms. The Kier molecular flexibility index (Phi) is 3.75. The molecule has 0 bridgehead atoms. The Morgan fingerprint density at radius 3 is 3.11 bits per heavy atom. The number of carboxylic acids is 1. The molecule has 0 aliphatic carbocycles. The Labute approximate surface area is 104 Å². The van der Waals surface area contributed by atoms with Crippen LogP contribution in [0.1, 0.15) is 17.9 Å². The molecule has 0 radical (unpaired) electrons. The van der Waals surface area contributed by atoms with Gasteiger partial charge < -0.3 is 15.2 Å². The first-order valence-electron chi connectivity index (χ1n) is 5.61. The molecule has 1 fully saturated rings. The molecule has 1 aromatic heterocycles. The molecule has 1 unspecified atom stereocenters. The van der Waals surface area contributed by atoms with Crippen molar-refractivity contribution in [3.8, 4) is 17.7 Å². The lowest BCUT2D eigenvalue weighted by Gasteiger charge is -2.11. The van der Waals surface area contributed by atoms with Crippen molar-refractivity contribution in [3.05, 3.63) is 17.6 Å². The van der Waals surface area contributed by atoms with E-state index in [1.165, 1.54) is 0 Å². The predicted octanol–water partition coefficient (Wildman–Crippen LogP) is -0.0382. The van der Waals surface area contributed by atoms with E-state index in [4.69, 9.17) is 9.84 Å². The van der Waals surface area contributed by atoms with E-state index in [0.29, 0.717) is 17.4 Å². The Balaban J connectivity index is 2.15. The molecule has 0 spiro atoms. The summed E-state index contributed by atoms with van der Waals surface area (Å²) in [6, 6.07) is 1.56. The highest BCUT2D eigenvalue weighted by atomic mass is 16.5. The second-order valence-electron chi connectivity index (χ2n) is 3.93. The van der Waals surface area contributed by atoms with Gasteiger partial charge in [-0.05, 0) is 25.8 Å². The summed E-state index contributed by atoms with van der Waals surface area (Å²) in [6.07, 6.45) is 1.03. The van der Waals surface area contributed by atoms with Gasteiger partial charge in [0.25, 0.3) is 0 Å². The van der Waals surface area contributed by atoms with Gasteiger partial charge in [0.2, 0.25) is 5.88 Å².